The van der Waals surface area contributed by atoms with Crippen molar-refractivity contribution >= 4 is 5.78 Å². The Morgan fingerprint density at radius 2 is 2.08 bits per heavy atom. The molecule has 1 rings (SSSR count). The van der Waals surface area contributed by atoms with E-state index in [-0.39, 0.29) is 17.8 Å². The van der Waals surface area contributed by atoms with Gasteiger partial charge in [-0.25, -0.2) is 0 Å². The number of carbonyl (C=O) groups excluding carboxylic acids is 1. The van der Waals surface area contributed by atoms with E-state index < -0.39 is 5.79 Å². The Bertz CT molecular complexity index is 230. The van der Waals surface area contributed by atoms with Crippen LogP contribution in [0.2, 0.25) is 0 Å². The molecule has 3 nitrogen and oxygen atoms in total. The molecule has 0 fully saturated rings. The lowest BCUT2D eigenvalue weighted by molar-refractivity contribution is -0.219. The summed E-state index contributed by atoms with van der Waals surface area (Å²) in [6.45, 7) is 5.52. The smallest absolute Gasteiger partial charge is 0.163 e. The third kappa shape index (κ3) is 2.39. The lowest BCUT2D eigenvalue weighted by Gasteiger charge is -2.28. The molecule has 1 aliphatic rings. The Hall–Kier alpha value is -0.670. The van der Waals surface area contributed by atoms with Crippen molar-refractivity contribution in [3.8, 4) is 0 Å². The van der Waals surface area contributed by atoms with Gasteiger partial charge in [0.15, 0.2) is 11.6 Å². The summed E-state index contributed by atoms with van der Waals surface area (Å²) in [5.41, 5.74) is 0. The summed E-state index contributed by atoms with van der Waals surface area (Å²) in [5, 5.41) is 0. The highest BCUT2D eigenvalue weighted by atomic mass is 16.7. The van der Waals surface area contributed by atoms with Crippen LogP contribution in [-0.2, 0) is 14.3 Å². The average molecular weight is 184 g/mol. The minimum atomic E-state index is -0.631. The highest BCUT2D eigenvalue weighted by Crippen LogP contribution is 2.23. The zero-order valence-corrected chi connectivity index (χ0v) is 8.53. The molecule has 0 bridgehead atoms. The Balaban J connectivity index is 2.56. The van der Waals surface area contributed by atoms with E-state index in [1.807, 2.05) is 20.8 Å². The van der Waals surface area contributed by atoms with Crippen molar-refractivity contribution < 1.29 is 14.3 Å². The molecular formula is C10H16O3. The maximum Gasteiger partial charge on any atom is 0.163 e. The van der Waals surface area contributed by atoms with Crippen LogP contribution in [-0.4, -0.2) is 24.8 Å². The van der Waals surface area contributed by atoms with E-state index in [9.17, 15) is 4.79 Å². The molecule has 0 amide bonds. The minimum absolute atomic E-state index is 0.0885. The first-order chi connectivity index (χ1) is 5.96. The Labute approximate surface area is 78.7 Å². The van der Waals surface area contributed by atoms with Gasteiger partial charge in [0, 0.05) is 13.0 Å². The first-order valence-electron chi connectivity index (χ1n) is 4.41. The van der Waals surface area contributed by atoms with Gasteiger partial charge in [-0.15, -0.1) is 0 Å². The highest BCUT2D eigenvalue weighted by Gasteiger charge is 2.31. The number of ether oxygens (including phenoxy) is 2. The Morgan fingerprint density at radius 1 is 1.46 bits per heavy atom. The van der Waals surface area contributed by atoms with E-state index in [2.05, 4.69) is 0 Å². The molecule has 2 unspecified atom stereocenters. The molecule has 13 heavy (non-hydrogen) atoms. The van der Waals surface area contributed by atoms with Gasteiger partial charge in [-0.2, -0.15) is 0 Å². The van der Waals surface area contributed by atoms with E-state index in [0.29, 0.717) is 0 Å². The molecule has 0 aromatic carbocycles. The van der Waals surface area contributed by atoms with E-state index in [0.717, 1.165) is 0 Å². The standard InChI is InChI=1S/C10H16O3/c1-7-8(11)5-6-9(7)13-10(2,3)12-4/h5-7,9H,1-4H3. The molecule has 2 atom stereocenters. The lowest BCUT2D eigenvalue weighted by Crippen LogP contribution is -2.34. The first kappa shape index (κ1) is 10.4. The minimum Gasteiger partial charge on any atom is -0.354 e. The predicted molar refractivity (Wildman–Crippen MR) is 49.3 cm³/mol. The van der Waals surface area contributed by atoms with Gasteiger partial charge in [-0.05, 0) is 19.9 Å². The summed E-state index contributed by atoms with van der Waals surface area (Å²) >= 11 is 0. The van der Waals surface area contributed by atoms with Crippen LogP contribution in [0.3, 0.4) is 0 Å². The summed E-state index contributed by atoms with van der Waals surface area (Å²) in [7, 11) is 1.59. The van der Waals surface area contributed by atoms with Crippen molar-refractivity contribution in [2.24, 2.45) is 5.92 Å². The van der Waals surface area contributed by atoms with Crippen LogP contribution in [0.1, 0.15) is 20.8 Å². The van der Waals surface area contributed by atoms with Crippen LogP contribution in [0.4, 0.5) is 0 Å². The quantitative estimate of drug-likeness (QED) is 0.624. The number of ketones is 1. The van der Waals surface area contributed by atoms with Crippen molar-refractivity contribution in [3.05, 3.63) is 12.2 Å². The van der Waals surface area contributed by atoms with Crippen LogP contribution in [0, 0.1) is 5.92 Å². The lowest BCUT2D eigenvalue weighted by atomic mass is 10.1. The SMILES string of the molecule is COC(C)(C)OC1C=CC(=O)C1C. The normalized spacial score (nSPS) is 28.5. The Kier molecular flexibility index (Phi) is 2.88. The van der Waals surface area contributed by atoms with E-state index >= 15 is 0 Å². The van der Waals surface area contributed by atoms with Gasteiger partial charge < -0.3 is 9.47 Å². The summed E-state index contributed by atoms with van der Waals surface area (Å²) in [4.78, 5) is 11.2. The molecular weight excluding hydrogens is 168 g/mol. The van der Waals surface area contributed by atoms with Crippen molar-refractivity contribution in [2.45, 2.75) is 32.7 Å². The number of carbonyl (C=O) groups is 1. The molecule has 0 spiro atoms. The largest absolute Gasteiger partial charge is 0.354 e. The highest BCUT2D eigenvalue weighted by molar-refractivity contribution is 5.94. The fourth-order valence-electron chi connectivity index (χ4n) is 1.19. The zero-order chi connectivity index (χ0) is 10.1. The molecule has 0 aromatic heterocycles. The van der Waals surface area contributed by atoms with Crippen LogP contribution in [0.15, 0.2) is 12.2 Å². The number of hydrogen-bond acceptors (Lipinski definition) is 3. The summed E-state index contributed by atoms with van der Waals surface area (Å²) < 4.78 is 10.7. The van der Waals surface area contributed by atoms with Gasteiger partial charge in [0.1, 0.15) is 0 Å². The summed E-state index contributed by atoms with van der Waals surface area (Å²) in [5.74, 6) is -0.597. The summed E-state index contributed by atoms with van der Waals surface area (Å²) in [6, 6.07) is 0. The number of rotatable bonds is 3. The second-order valence-electron chi connectivity index (χ2n) is 3.74. The fraction of sp³-hybridized carbons (Fsp3) is 0.700. The van der Waals surface area contributed by atoms with Crippen LogP contribution >= 0.6 is 0 Å². The predicted octanol–water partition coefficient (Wildman–Crippen LogP) is 1.53. The monoisotopic (exact) mass is 184 g/mol. The van der Waals surface area contributed by atoms with Gasteiger partial charge in [-0.3, -0.25) is 4.79 Å². The number of allylic oxidation sites excluding steroid dienone is 1. The average Bonchev–Trinajstić information content (AvgIpc) is 2.36. The molecule has 1 aliphatic carbocycles. The van der Waals surface area contributed by atoms with Gasteiger partial charge in [0.2, 0.25) is 0 Å². The fourth-order valence-corrected chi connectivity index (χ4v) is 1.19. The third-order valence-electron chi connectivity index (χ3n) is 2.30. The maximum absolute atomic E-state index is 11.2. The van der Waals surface area contributed by atoms with Gasteiger partial charge in [0.25, 0.3) is 0 Å². The zero-order valence-electron chi connectivity index (χ0n) is 8.53. The Morgan fingerprint density at radius 3 is 2.46 bits per heavy atom. The number of hydrogen-bond donors (Lipinski definition) is 0. The first-order valence-corrected chi connectivity index (χ1v) is 4.41. The maximum atomic E-state index is 11.2. The molecule has 3 heteroatoms. The van der Waals surface area contributed by atoms with Crippen molar-refractivity contribution in [3.63, 3.8) is 0 Å². The van der Waals surface area contributed by atoms with Gasteiger partial charge in [-0.1, -0.05) is 13.0 Å². The number of methoxy groups -OCH3 is 1. The molecule has 0 N–H and O–H groups in total. The second kappa shape index (κ2) is 3.60. The third-order valence-corrected chi connectivity index (χ3v) is 2.30. The molecule has 0 saturated carbocycles. The van der Waals surface area contributed by atoms with Gasteiger partial charge >= 0.3 is 0 Å². The second-order valence-corrected chi connectivity index (χ2v) is 3.74. The molecule has 0 aliphatic heterocycles. The molecule has 74 valence electrons. The molecule has 0 aromatic rings. The van der Waals surface area contributed by atoms with Crippen molar-refractivity contribution in [1.29, 1.82) is 0 Å². The molecule has 0 heterocycles. The van der Waals surface area contributed by atoms with E-state index in [1.54, 1.807) is 19.3 Å². The van der Waals surface area contributed by atoms with Crippen LogP contribution < -0.4 is 0 Å². The van der Waals surface area contributed by atoms with E-state index in [4.69, 9.17) is 9.47 Å². The molecule has 0 radical (unpaired) electrons. The van der Waals surface area contributed by atoms with Crippen LogP contribution in [0.5, 0.6) is 0 Å². The van der Waals surface area contributed by atoms with Crippen LogP contribution in [0.25, 0.3) is 0 Å². The topological polar surface area (TPSA) is 35.5 Å². The van der Waals surface area contributed by atoms with Gasteiger partial charge in [0.05, 0.1) is 6.10 Å². The van der Waals surface area contributed by atoms with Crippen molar-refractivity contribution in [1.82, 2.24) is 0 Å². The summed E-state index contributed by atoms with van der Waals surface area (Å²) in [6.07, 6.45) is 3.21. The molecule has 0 saturated heterocycles. The van der Waals surface area contributed by atoms with Crippen molar-refractivity contribution in [2.75, 3.05) is 7.11 Å². The van der Waals surface area contributed by atoms with E-state index in [1.165, 1.54) is 0 Å².